The molecule has 1 atom stereocenters. The molecule has 7 heteroatoms. The lowest BCUT2D eigenvalue weighted by molar-refractivity contribution is -0.131. The van der Waals surface area contributed by atoms with Crippen LogP contribution in [0.25, 0.3) is 0 Å². The van der Waals surface area contributed by atoms with E-state index in [1.807, 2.05) is 67.6 Å². The molecule has 4 rings (SSSR count). The molecule has 0 radical (unpaired) electrons. The second-order valence-corrected chi connectivity index (χ2v) is 9.70. The van der Waals surface area contributed by atoms with Gasteiger partial charge in [-0.15, -0.1) is 11.8 Å². The summed E-state index contributed by atoms with van der Waals surface area (Å²) < 4.78 is 5.49. The molecule has 3 aromatic rings. The lowest BCUT2D eigenvalue weighted by atomic mass is 10.1. The maximum absolute atomic E-state index is 13.3. The second-order valence-electron chi connectivity index (χ2n) is 7.91. The van der Waals surface area contributed by atoms with Crippen molar-refractivity contribution < 1.29 is 14.0 Å². The van der Waals surface area contributed by atoms with Crippen LogP contribution in [0.15, 0.2) is 76.2 Å². The van der Waals surface area contributed by atoms with E-state index >= 15 is 0 Å². The quantitative estimate of drug-likeness (QED) is 0.419. The minimum Gasteiger partial charge on any atom is -0.467 e. The molecule has 1 heterocycles. The molecule has 0 bridgehead atoms. The van der Waals surface area contributed by atoms with Gasteiger partial charge in [0.15, 0.2) is 0 Å². The average Bonchev–Trinajstić information content (AvgIpc) is 3.46. The Morgan fingerprint density at radius 2 is 1.84 bits per heavy atom. The predicted octanol–water partition coefficient (Wildman–Crippen LogP) is 5.53. The molecule has 0 spiro atoms. The molecular formula is C25H25ClN2O3S. The van der Waals surface area contributed by atoms with Crippen molar-refractivity contribution in [3.05, 3.63) is 88.8 Å². The van der Waals surface area contributed by atoms with Crippen LogP contribution in [-0.4, -0.2) is 28.0 Å². The first-order chi connectivity index (χ1) is 15.5. The summed E-state index contributed by atoms with van der Waals surface area (Å²) in [5.74, 6) is 0.655. The zero-order valence-electron chi connectivity index (χ0n) is 17.8. The number of halogens is 1. The molecule has 1 aliphatic carbocycles. The van der Waals surface area contributed by atoms with E-state index in [4.69, 9.17) is 16.0 Å². The van der Waals surface area contributed by atoms with Crippen molar-refractivity contribution in [3.8, 4) is 0 Å². The number of benzene rings is 2. The topological polar surface area (TPSA) is 62.6 Å². The van der Waals surface area contributed by atoms with Crippen molar-refractivity contribution in [2.24, 2.45) is 0 Å². The summed E-state index contributed by atoms with van der Waals surface area (Å²) in [6.07, 6.45) is 3.71. The summed E-state index contributed by atoms with van der Waals surface area (Å²) in [6, 6.07) is 18.9. The Balaban J connectivity index is 1.46. The summed E-state index contributed by atoms with van der Waals surface area (Å²) >= 11 is 7.72. The van der Waals surface area contributed by atoms with Crippen molar-refractivity contribution in [3.63, 3.8) is 0 Å². The molecule has 1 fully saturated rings. The highest BCUT2D eigenvalue weighted by molar-refractivity contribution is 8.00. The Bertz CT molecular complexity index is 1070. The number of carbonyl (C=O) groups excluding carboxylic acids is 2. The maximum Gasteiger partial charge on any atom is 0.251 e. The van der Waals surface area contributed by atoms with Crippen LogP contribution >= 0.6 is 23.4 Å². The number of rotatable bonds is 9. The van der Waals surface area contributed by atoms with E-state index in [9.17, 15) is 9.59 Å². The Hall–Kier alpha value is -2.70. The van der Waals surface area contributed by atoms with Crippen LogP contribution in [0, 0.1) is 0 Å². The van der Waals surface area contributed by atoms with Gasteiger partial charge in [-0.05, 0) is 61.7 Å². The minimum absolute atomic E-state index is 0.0122. The molecule has 2 amide bonds. The lowest BCUT2D eigenvalue weighted by Crippen LogP contribution is -2.35. The standard InChI is InChI=1S/C25H25ClN2O3S/c1-17(32-23-7-3-2-6-22(23)26)25(30)28(16-21-5-4-14-31-21)15-18-8-10-19(11-9-18)24(29)27-20-12-13-20/h2-11,14,17,20H,12-13,15-16H2,1H3,(H,27,29). The molecule has 1 saturated carbocycles. The highest BCUT2D eigenvalue weighted by atomic mass is 35.5. The van der Waals surface area contributed by atoms with Gasteiger partial charge in [-0.1, -0.05) is 35.9 Å². The molecule has 166 valence electrons. The van der Waals surface area contributed by atoms with Gasteiger partial charge < -0.3 is 14.6 Å². The molecular weight excluding hydrogens is 444 g/mol. The fraction of sp³-hybridized carbons (Fsp3) is 0.280. The van der Waals surface area contributed by atoms with Gasteiger partial charge in [0.1, 0.15) is 5.76 Å². The third-order valence-corrected chi connectivity index (χ3v) is 6.84. The van der Waals surface area contributed by atoms with Crippen LogP contribution in [0.1, 0.15) is 41.4 Å². The lowest BCUT2D eigenvalue weighted by Gasteiger charge is -2.25. The largest absolute Gasteiger partial charge is 0.467 e. The zero-order chi connectivity index (χ0) is 22.5. The third kappa shape index (κ3) is 5.96. The van der Waals surface area contributed by atoms with E-state index in [0.717, 1.165) is 23.3 Å². The van der Waals surface area contributed by atoms with E-state index in [1.165, 1.54) is 11.8 Å². The average molecular weight is 469 g/mol. The van der Waals surface area contributed by atoms with Crippen molar-refractivity contribution in [1.82, 2.24) is 10.2 Å². The fourth-order valence-electron chi connectivity index (χ4n) is 3.32. The number of amides is 2. The van der Waals surface area contributed by atoms with Crippen molar-refractivity contribution in [2.45, 2.75) is 49.0 Å². The Labute approximate surface area is 197 Å². The third-order valence-electron chi connectivity index (χ3n) is 5.23. The van der Waals surface area contributed by atoms with E-state index in [0.29, 0.717) is 35.5 Å². The molecule has 1 aliphatic rings. The number of hydrogen-bond donors (Lipinski definition) is 1. The number of thioether (sulfide) groups is 1. The van der Waals surface area contributed by atoms with Crippen LogP contribution < -0.4 is 5.32 Å². The predicted molar refractivity (Wildman–Crippen MR) is 127 cm³/mol. The highest BCUT2D eigenvalue weighted by Gasteiger charge is 2.25. The van der Waals surface area contributed by atoms with Gasteiger partial charge in [-0.2, -0.15) is 0 Å². The van der Waals surface area contributed by atoms with Gasteiger partial charge in [-0.25, -0.2) is 0 Å². The molecule has 32 heavy (non-hydrogen) atoms. The van der Waals surface area contributed by atoms with Crippen molar-refractivity contribution >= 4 is 35.2 Å². The summed E-state index contributed by atoms with van der Waals surface area (Å²) in [6.45, 7) is 2.66. The number of nitrogens with zero attached hydrogens (tertiary/aromatic N) is 1. The van der Waals surface area contributed by atoms with E-state index in [2.05, 4.69) is 5.32 Å². The maximum atomic E-state index is 13.3. The minimum atomic E-state index is -0.326. The highest BCUT2D eigenvalue weighted by Crippen LogP contribution is 2.31. The molecule has 1 unspecified atom stereocenters. The van der Waals surface area contributed by atoms with E-state index in [-0.39, 0.29) is 17.1 Å². The van der Waals surface area contributed by atoms with Gasteiger partial charge in [0.2, 0.25) is 5.91 Å². The summed E-state index contributed by atoms with van der Waals surface area (Å²) in [5, 5.41) is 3.30. The Kier molecular flexibility index (Phi) is 7.22. The van der Waals surface area contributed by atoms with Gasteiger partial charge >= 0.3 is 0 Å². The monoisotopic (exact) mass is 468 g/mol. The summed E-state index contributed by atoms with van der Waals surface area (Å²) in [7, 11) is 0. The Morgan fingerprint density at radius 1 is 1.09 bits per heavy atom. The first kappa shape index (κ1) is 22.5. The number of carbonyl (C=O) groups is 2. The normalized spacial score (nSPS) is 14.1. The smallest absolute Gasteiger partial charge is 0.251 e. The van der Waals surface area contributed by atoms with Crippen LogP contribution in [0.2, 0.25) is 5.02 Å². The van der Waals surface area contributed by atoms with Gasteiger partial charge in [0.05, 0.1) is 23.1 Å². The first-order valence-electron chi connectivity index (χ1n) is 10.6. The summed E-state index contributed by atoms with van der Waals surface area (Å²) in [5.41, 5.74) is 1.58. The fourth-order valence-corrected chi connectivity index (χ4v) is 4.56. The zero-order valence-corrected chi connectivity index (χ0v) is 19.4. The number of hydrogen-bond acceptors (Lipinski definition) is 4. The molecule has 5 nitrogen and oxygen atoms in total. The van der Waals surface area contributed by atoms with Gasteiger partial charge in [-0.3, -0.25) is 9.59 Å². The van der Waals surface area contributed by atoms with Crippen LogP contribution in [0.3, 0.4) is 0 Å². The van der Waals surface area contributed by atoms with Crippen LogP contribution in [0.4, 0.5) is 0 Å². The van der Waals surface area contributed by atoms with E-state index in [1.54, 1.807) is 11.2 Å². The number of furan rings is 1. The van der Waals surface area contributed by atoms with Gasteiger partial charge in [0.25, 0.3) is 5.91 Å². The van der Waals surface area contributed by atoms with Crippen LogP contribution in [-0.2, 0) is 17.9 Å². The second kappa shape index (κ2) is 10.3. The molecule has 1 aromatic heterocycles. The molecule has 2 aromatic carbocycles. The SMILES string of the molecule is CC(Sc1ccccc1Cl)C(=O)N(Cc1ccc(C(=O)NC2CC2)cc1)Cc1ccco1. The van der Waals surface area contributed by atoms with Gasteiger partial charge in [0, 0.05) is 23.0 Å². The van der Waals surface area contributed by atoms with E-state index < -0.39 is 0 Å². The molecule has 0 aliphatic heterocycles. The molecule has 0 saturated heterocycles. The molecule has 1 N–H and O–H groups in total. The first-order valence-corrected chi connectivity index (χ1v) is 11.9. The van der Waals surface area contributed by atoms with Crippen molar-refractivity contribution in [1.29, 1.82) is 0 Å². The number of nitrogens with one attached hydrogen (secondary N) is 1. The van der Waals surface area contributed by atoms with Crippen LogP contribution in [0.5, 0.6) is 0 Å². The summed E-state index contributed by atoms with van der Waals surface area (Å²) in [4.78, 5) is 28.2. The Morgan fingerprint density at radius 3 is 2.50 bits per heavy atom. The van der Waals surface area contributed by atoms with Crippen molar-refractivity contribution in [2.75, 3.05) is 0 Å².